The van der Waals surface area contributed by atoms with Crippen LogP contribution in [0.5, 0.6) is 5.75 Å². The van der Waals surface area contributed by atoms with Gasteiger partial charge in [-0.3, -0.25) is 9.59 Å². The van der Waals surface area contributed by atoms with E-state index in [1.807, 2.05) is 6.92 Å². The number of benzene rings is 1. The molecule has 1 saturated heterocycles. The number of amides is 2. The van der Waals surface area contributed by atoms with Crippen LogP contribution in [-0.4, -0.2) is 30.5 Å². The third-order valence-electron chi connectivity index (χ3n) is 3.42. The van der Waals surface area contributed by atoms with Gasteiger partial charge in [-0.25, -0.2) is 0 Å². The summed E-state index contributed by atoms with van der Waals surface area (Å²) in [5.74, 6) is 0.478. The molecule has 21 heavy (non-hydrogen) atoms. The van der Waals surface area contributed by atoms with Gasteiger partial charge in [0.25, 0.3) is 5.91 Å². The first kappa shape index (κ1) is 15.6. The van der Waals surface area contributed by atoms with E-state index in [0.717, 1.165) is 5.56 Å². The molecule has 0 bridgehead atoms. The first-order chi connectivity index (χ1) is 9.95. The van der Waals surface area contributed by atoms with Gasteiger partial charge in [0.15, 0.2) is 6.10 Å². The molecule has 0 unspecified atom stereocenters. The normalized spacial score (nSPS) is 19.6. The third kappa shape index (κ3) is 4.36. The number of carbonyl (C=O) groups is 2. The van der Waals surface area contributed by atoms with Gasteiger partial charge >= 0.3 is 0 Å². The van der Waals surface area contributed by atoms with E-state index in [1.54, 1.807) is 25.1 Å². The van der Waals surface area contributed by atoms with Crippen LogP contribution >= 0.6 is 11.6 Å². The van der Waals surface area contributed by atoms with E-state index in [0.29, 0.717) is 30.2 Å². The lowest BCUT2D eigenvalue weighted by atomic mass is 10.1. The maximum absolute atomic E-state index is 12.1. The highest BCUT2D eigenvalue weighted by molar-refractivity contribution is 6.30. The van der Waals surface area contributed by atoms with E-state index in [-0.39, 0.29) is 17.9 Å². The van der Waals surface area contributed by atoms with Crippen LogP contribution in [-0.2, 0) is 9.59 Å². The van der Waals surface area contributed by atoms with Crippen molar-refractivity contribution in [2.45, 2.75) is 38.8 Å². The molecule has 0 aliphatic carbocycles. The van der Waals surface area contributed by atoms with Crippen molar-refractivity contribution in [2.75, 3.05) is 6.54 Å². The zero-order chi connectivity index (χ0) is 15.4. The fraction of sp³-hybridized carbons (Fsp3) is 0.467. The Morgan fingerprint density at radius 1 is 1.52 bits per heavy atom. The molecular formula is C15H19ClN2O3. The molecule has 0 radical (unpaired) electrons. The quantitative estimate of drug-likeness (QED) is 0.891. The zero-order valence-electron chi connectivity index (χ0n) is 12.1. The minimum absolute atomic E-state index is 0.0292. The Labute approximate surface area is 129 Å². The van der Waals surface area contributed by atoms with Gasteiger partial charge in [-0.2, -0.15) is 0 Å². The summed E-state index contributed by atoms with van der Waals surface area (Å²) in [6.07, 6.45) is 0.489. The second kappa shape index (κ2) is 6.80. The topological polar surface area (TPSA) is 67.4 Å². The van der Waals surface area contributed by atoms with Crippen LogP contribution in [0, 0.1) is 6.92 Å². The number of nitrogens with one attached hydrogen (secondary N) is 2. The average molecular weight is 311 g/mol. The summed E-state index contributed by atoms with van der Waals surface area (Å²) in [5, 5.41) is 6.25. The van der Waals surface area contributed by atoms with Crippen molar-refractivity contribution in [3.05, 3.63) is 28.8 Å². The van der Waals surface area contributed by atoms with Crippen molar-refractivity contribution >= 4 is 23.4 Å². The summed E-state index contributed by atoms with van der Waals surface area (Å²) >= 11 is 5.89. The van der Waals surface area contributed by atoms with Gasteiger partial charge in [-0.05, 0) is 44.0 Å². The summed E-state index contributed by atoms with van der Waals surface area (Å²) in [4.78, 5) is 23.2. The molecule has 2 atom stereocenters. The molecule has 5 nitrogen and oxygen atoms in total. The lowest BCUT2D eigenvalue weighted by Gasteiger charge is -2.25. The van der Waals surface area contributed by atoms with Gasteiger partial charge in [0.2, 0.25) is 5.91 Å². The molecule has 0 spiro atoms. The molecule has 0 aromatic heterocycles. The van der Waals surface area contributed by atoms with E-state index in [4.69, 9.17) is 16.3 Å². The third-order valence-corrected chi connectivity index (χ3v) is 3.66. The van der Waals surface area contributed by atoms with Crippen LogP contribution in [0.25, 0.3) is 0 Å². The van der Waals surface area contributed by atoms with Gasteiger partial charge in [0, 0.05) is 24.0 Å². The monoisotopic (exact) mass is 310 g/mol. The van der Waals surface area contributed by atoms with Crippen LogP contribution in [0.3, 0.4) is 0 Å². The summed E-state index contributed by atoms with van der Waals surface area (Å²) in [5.41, 5.74) is 0.882. The number of rotatable bonds is 4. The molecule has 2 rings (SSSR count). The van der Waals surface area contributed by atoms with Crippen molar-refractivity contribution in [3.8, 4) is 5.75 Å². The Balaban J connectivity index is 1.89. The molecule has 2 amide bonds. The maximum Gasteiger partial charge on any atom is 0.261 e. The van der Waals surface area contributed by atoms with Crippen molar-refractivity contribution in [1.82, 2.24) is 10.6 Å². The Morgan fingerprint density at radius 2 is 2.29 bits per heavy atom. The summed E-state index contributed by atoms with van der Waals surface area (Å²) < 4.78 is 5.67. The van der Waals surface area contributed by atoms with E-state index < -0.39 is 6.10 Å². The average Bonchev–Trinajstić information content (AvgIpc) is 2.44. The lowest BCUT2D eigenvalue weighted by Crippen LogP contribution is -2.50. The number of carbonyl (C=O) groups excluding carboxylic acids is 2. The van der Waals surface area contributed by atoms with Crippen molar-refractivity contribution in [3.63, 3.8) is 0 Å². The SMILES string of the molecule is Cc1cc(Cl)ccc1O[C@H](C)C(=O)N[C@@H]1CCC(=O)NC1. The second-order valence-corrected chi connectivity index (χ2v) is 5.65. The van der Waals surface area contributed by atoms with E-state index >= 15 is 0 Å². The Hall–Kier alpha value is -1.75. The lowest BCUT2D eigenvalue weighted by molar-refractivity contribution is -0.129. The van der Waals surface area contributed by atoms with Crippen LogP contribution in [0.4, 0.5) is 0 Å². The molecule has 1 fully saturated rings. The molecule has 1 aliphatic rings. The predicted molar refractivity (Wildman–Crippen MR) is 80.5 cm³/mol. The fourth-order valence-electron chi connectivity index (χ4n) is 2.16. The van der Waals surface area contributed by atoms with E-state index in [9.17, 15) is 9.59 Å². The first-order valence-corrected chi connectivity index (χ1v) is 7.33. The minimum atomic E-state index is -0.609. The first-order valence-electron chi connectivity index (χ1n) is 6.95. The molecule has 1 aromatic rings. The molecule has 1 aromatic carbocycles. The van der Waals surface area contributed by atoms with E-state index in [2.05, 4.69) is 10.6 Å². The molecular weight excluding hydrogens is 292 g/mol. The van der Waals surface area contributed by atoms with Gasteiger partial charge < -0.3 is 15.4 Å². The molecule has 1 aliphatic heterocycles. The van der Waals surface area contributed by atoms with Crippen LogP contribution < -0.4 is 15.4 Å². The minimum Gasteiger partial charge on any atom is -0.481 e. The number of piperidine rings is 1. The Kier molecular flexibility index (Phi) is 5.07. The second-order valence-electron chi connectivity index (χ2n) is 5.22. The molecule has 114 valence electrons. The smallest absolute Gasteiger partial charge is 0.261 e. The Morgan fingerprint density at radius 3 is 2.90 bits per heavy atom. The number of hydrogen-bond acceptors (Lipinski definition) is 3. The molecule has 6 heteroatoms. The highest BCUT2D eigenvalue weighted by atomic mass is 35.5. The van der Waals surface area contributed by atoms with E-state index in [1.165, 1.54) is 0 Å². The molecule has 1 heterocycles. The summed E-state index contributed by atoms with van der Waals surface area (Å²) in [7, 11) is 0. The highest BCUT2D eigenvalue weighted by Gasteiger charge is 2.23. The van der Waals surface area contributed by atoms with Crippen LogP contribution in [0.15, 0.2) is 18.2 Å². The van der Waals surface area contributed by atoms with Crippen LogP contribution in [0.2, 0.25) is 5.02 Å². The standard InChI is InChI=1S/C15H19ClN2O3/c1-9-7-11(16)3-5-13(9)21-10(2)15(20)18-12-4-6-14(19)17-8-12/h3,5,7,10,12H,4,6,8H2,1-2H3,(H,17,19)(H,18,20)/t10-,12-/m1/s1. The fourth-order valence-corrected chi connectivity index (χ4v) is 2.39. The highest BCUT2D eigenvalue weighted by Crippen LogP contribution is 2.22. The summed E-state index contributed by atoms with van der Waals surface area (Å²) in [6, 6.07) is 5.23. The maximum atomic E-state index is 12.1. The number of hydrogen-bond donors (Lipinski definition) is 2. The predicted octanol–water partition coefficient (Wildman–Crippen LogP) is 1.81. The van der Waals surface area contributed by atoms with Crippen molar-refractivity contribution < 1.29 is 14.3 Å². The zero-order valence-corrected chi connectivity index (χ0v) is 12.9. The van der Waals surface area contributed by atoms with Gasteiger partial charge in [-0.1, -0.05) is 11.6 Å². The van der Waals surface area contributed by atoms with Gasteiger partial charge in [0.1, 0.15) is 5.75 Å². The number of ether oxygens (including phenoxy) is 1. The van der Waals surface area contributed by atoms with Gasteiger partial charge in [-0.15, -0.1) is 0 Å². The van der Waals surface area contributed by atoms with Crippen LogP contribution in [0.1, 0.15) is 25.3 Å². The molecule has 2 N–H and O–H groups in total. The Bertz CT molecular complexity index is 538. The molecule has 0 saturated carbocycles. The number of aryl methyl sites for hydroxylation is 1. The van der Waals surface area contributed by atoms with Crippen molar-refractivity contribution in [1.29, 1.82) is 0 Å². The van der Waals surface area contributed by atoms with Crippen molar-refractivity contribution in [2.24, 2.45) is 0 Å². The van der Waals surface area contributed by atoms with Gasteiger partial charge in [0.05, 0.1) is 0 Å². The number of halogens is 1. The summed E-state index contributed by atoms with van der Waals surface area (Å²) in [6.45, 7) is 4.05. The largest absolute Gasteiger partial charge is 0.481 e.